The van der Waals surface area contributed by atoms with E-state index in [0.717, 1.165) is 5.92 Å². The van der Waals surface area contributed by atoms with E-state index in [1.165, 1.54) is 5.75 Å². The first kappa shape index (κ1) is 6.47. The van der Waals surface area contributed by atoms with Crippen LogP contribution in [0.4, 0.5) is 0 Å². The normalized spacial score (nSPS) is 35.6. The van der Waals surface area contributed by atoms with Crippen molar-refractivity contribution in [3.05, 3.63) is 6.42 Å². The van der Waals surface area contributed by atoms with Gasteiger partial charge in [0.05, 0.1) is 0 Å². The number of hydrogen-bond acceptors (Lipinski definition) is 1. The molecule has 8 heavy (non-hydrogen) atoms. The molecule has 1 unspecified atom stereocenters. The number of hydrogen-bond donors (Lipinski definition) is 0. The zero-order valence-electron chi connectivity index (χ0n) is 5.77. The van der Waals surface area contributed by atoms with E-state index in [2.05, 4.69) is 39.0 Å². The molecule has 0 amide bonds. The van der Waals surface area contributed by atoms with Gasteiger partial charge in [-0.05, 0) is 18.1 Å². The predicted molar refractivity (Wildman–Crippen MR) is 40.0 cm³/mol. The summed E-state index contributed by atoms with van der Waals surface area (Å²) in [6, 6.07) is 0. The molecule has 0 spiro atoms. The molecule has 1 saturated heterocycles. The lowest BCUT2D eigenvalue weighted by Crippen LogP contribution is -2.10. The van der Waals surface area contributed by atoms with Crippen LogP contribution in [0.2, 0.25) is 0 Å². The Morgan fingerprint density at radius 2 is 2.25 bits per heavy atom. The fourth-order valence-corrected chi connectivity index (χ4v) is 2.24. The van der Waals surface area contributed by atoms with E-state index in [-0.39, 0.29) is 0 Å². The number of rotatable bonds is 0. The van der Waals surface area contributed by atoms with Crippen LogP contribution in [-0.4, -0.2) is 10.5 Å². The van der Waals surface area contributed by atoms with Gasteiger partial charge in [0.2, 0.25) is 0 Å². The monoisotopic (exact) mass is 129 g/mol. The zero-order chi connectivity index (χ0) is 6.20. The van der Waals surface area contributed by atoms with Crippen molar-refractivity contribution in [2.75, 3.05) is 5.75 Å². The highest BCUT2D eigenvalue weighted by molar-refractivity contribution is 8.01. The highest BCUT2D eigenvalue weighted by Crippen LogP contribution is 2.39. The summed E-state index contributed by atoms with van der Waals surface area (Å²) in [5, 5.41) is 0. The van der Waals surface area contributed by atoms with Crippen LogP contribution in [0.5, 0.6) is 0 Å². The van der Waals surface area contributed by atoms with E-state index in [1.54, 1.807) is 0 Å². The number of thioether (sulfide) groups is 1. The van der Waals surface area contributed by atoms with E-state index in [0.29, 0.717) is 4.75 Å². The molecular formula is C7H13S. The van der Waals surface area contributed by atoms with E-state index in [4.69, 9.17) is 0 Å². The van der Waals surface area contributed by atoms with E-state index >= 15 is 0 Å². The predicted octanol–water partition coefficient (Wildman–Crippen LogP) is 2.35. The molecule has 1 rings (SSSR count). The van der Waals surface area contributed by atoms with Gasteiger partial charge in [-0.25, -0.2) is 0 Å². The fraction of sp³-hybridized carbons (Fsp3) is 0.857. The van der Waals surface area contributed by atoms with Gasteiger partial charge in [-0.2, -0.15) is 11.8 Å². The molecule has 0 nitrogen and oxygen atoms in total. The van der Waals surface area contributed by atoms with E-state index < -0.39 is 0 Å². The quantitative estimate of drug-likeness (QED) is 0.484. The summed E-state index contributed by atoms with van der Waals surface area (Å²) in [5.41, 5.74) is 0. The van der Waals surface area contributed by atoms with Crippen molar-refractivity contribution < 1.29 is 0 Å². The average molecular weight is 129 g/mol. The van der Waals surface area contributed by atoms with Gasteiger partial charge in [0.1, 0.15) is 0 Å². The molecule has 0 saturated carbocycles. The fourth-order valence-electron chi connectivity index (χ4n) is 1.13. The van der Waals surface area contributed by atoms with Crippen molar-refractivity contribution in [1.29, 1.82) is 0 Å². The van der Waals surface area contributed by atoms with Crippen LogP contribution in [-0.2, 0) is 0 Å². The van der Waals surface area contributed by atoms with Gasteiger partial charge < -0.3 is 0 Å². The lowest BCUT2D eigenvalue weighted by molar-refractivity contribution is 0.698. The molecule has 1 atom stereocenters. The first-order chi connectivity index (χ1) is 3.60. The molecule has 0 aromatic heterocycles. The van der Waals surface area contributed by atoms with Crippen molar-refractivity contribution in [2.24, 2.45) is 5.92 Å². The SMILES string of the molecule is CC1[CH]C(C)(C)SC1. The molecule has 1 fully saturated rings. The molecule has 0 aromatic rings. The molecule has 1 heterocycles. The molecule has 0 bridgehead atoms. The average Bonchev–Trinajstić information content (AvgIpc) is 1.82. The maximum absolute atomic E-state index is 2.43. The molecule has 1 heteroatoms. The topological polar surface area (TPSA) is 0 Å². The van der Waals surface area contributed by atoms with E-state index in [1.807, 2.05) is 0 Å². The van der Waals surface area contributed by atoms with Crippen molar-refractivity contribution in [2.45, 2.75) is 25.5 Å². The minimum absolute atomic E-state index is 0.458. The zero-order valence-corrected chi connectivity index (χ0v) is 6.59. The Hall–Kier alpha value is 0.350. The maximum Gasteiger partial charge on any atom is 0.0138 e. The molecule has 0 aromatic carbocycles. The van der Waals surface area contributed by atoms with E-state index in [9.17, 15) is 0 Å². The molecule has 47 valence electrons. The summed E-state index contributed by atoms with van der Waals surface area (Å²) in [7, 11) is 0. The van der Waals surface area contributed by atoms with Gasteiger partial charge in [0.15, 0.2) is 0 Å². The summed E-state index contributed by atoms with van der Waals surface area (Å²) in [5.74, 6) is 2.14. The minimum atomic E-state index is 0.458. The third kappa shape index (κ3) is 1.41. The molecule has 0 N–H and O–H groups in total. The lowest BCUT2D eigenvalue weighted by Gasteiger charge is -2.13. The molecule has 1 radical (unpaired) electrons. The lowest BCUT2D eigenvalue weighted by atomic mass is 10.0. The summed E-state index contributed by atoms with van der Waals surface area (Å²) in [6.07, 6.45) is 2.43. The maximum atomic E-state index is 2.43. The third-order valence-corrected chi connectivity index (χ3v) is 2.98. The second-order valence-corrected chi connectivity index (χ2v) is 4.73. The van der Waals surface area contributed by atoms with Crippen LogP contribution in [0.3, 0.4) is 0 Å². The van der Waals surface area contributed by atoms with Crippen molar-refractivity contribution >= 4 is 11.8 Å². The summed E-state index contributed by atoms with van der Waals surface area (Å²) in [6.45, 7) is 6.84. The van der Waals surface area contributed by atoms with Gasteiger partial charge in [0, 0.05) is 4.75 Å². The van der Waals surface area contributed by atoms with Crippen LogP contribution >= 0.6 is 11.8 Å². The Kier molecular flexibility index (Phi) is 1.57. The van der Waals surface area contributed by atoms with Crippen LogP contribution in [0.15, 0.2) is 0 Å². The molecular weight excluding hydrogens is 116 g/mol. The summed E-state index contributed by atoms with van der Waals surface area (Å²) >= 11 is 2.05. The Morgan fingerprint density at radius 3 is 2.38 bits per heavy atom. The minimum Gasteiger partial charge on any atom is -0.155 e. The van der Waals surface area contributed by atoms with Crippen LogP contribution < -0.4 is 0 Å². The van der Waals surface area contributed by atoms with Crippen LogP contribution in [0.25, 0.3) is 0 Å². The Morgan fingerprint density at radius 1 is 1.62 bits per heavy atom. The Balaban J connectivity index is 2.44. The highest BCUT2D eigenvalue weighted by atomic mass is 32.2. The van der Waals surface area contributed by atoms with Gasteiger partial charge in [-0.15, -0.1) is 0 Å². The van der Waals surface area contributed by atoms with Crippen LogP contribution in [0.1, 0.15) is 20.8 Å². The van der Waals surface area contributed by atoms with Crippen molar-refractivity contribution in [3.63, 3.8) is 0 Å². The van der Waals surface area contributed by atoms with Gasteiger partial charge in [-0.1, -0.05) is 20.8 Å². The third-order valence-electron chi connectivity index (χ3n) is 1.40. The second kappa shape index (κ2) is 1.94. The van der Waals surface area contributed by atoms with Crippen molar-refractivity contribution in [3.8, 4) is 0 Å². The van der Waals surface area contributed by atoms with Gasteiger partial charge >= 0.3 is 0 Å². The summed E-state index contributed by atoms with van der Waals surface area (Å²) in [4.78, 5) is 0. The standard InChI is InChI=1S/C7H13S/c1-6-4-7(2,3)8-5-6/h4,6H,5H2,1-3H3. The Bertz CT molecular complexity index is 86.4. The highest BCUT2D eigenvalue weighted by Gasteiger charge is 2.28. The molecule has 1 aliphatic heterocycles. The second-order valence-electron chi connectivity index (χ2n) is 3.06. The molecule has 0 aliphatic carbocycles. The van der Waals surface area contributed by atoms with Gasteiger partial charge in [-0.3, -0.25) is 0 Å². The Labute approximate surface area is 56.0 Å². The van der Waals surface area contributed by atoms with Crippen LogP contribution in [0, 0.1) is 12.3 Å². The first-order valence-electron chi connectivity index (χ1n) is 3.10. The smallest absolute Gasteiger partial charge is 0.0138 e. The first-order valence-corrected chi connectivity index (χ1v) is 4.09. The van der Waals surface area contributed by atoms with Crippen molar-refractivity contribution in [1.82, 2.24) is 0 Å². The summed E-state index contributed by atoms with van der Waals surface area (Å²) < 4.78 is 0.458. The van der Waals surface area contributed by atoms with Gasteiger partial charge in [0.25, 0.3) is 0 Å². The largest absolute Gasteiger partial charge is 0.155 e. The molecule has 1 aliphatic rings.